The second-order valence-corrected chi connectivity index (χ2v) is 7.20. The van der Waals surface area contributed by atoms with Crippen LogP contribution in [-0.2, 0) is 15.0 Å². The summed E-state index contributed by atoms with van der Waals surface area (Å²) in [6.45, 7) is 12.3. The maximum Gasteiger partial charge on any atom is 0.252 e. The zero-order chi connectivity index (χ0) is 17.6. The molecule has 2 amide bonds. The summed E-state index contributed by atoms with van der Waals surface area (Å²) in [6, 6.07) is 8.59. The molecule has 0 heterocycles. The lowest BCUT2D eigenvalue weighted by Crippen LogP contribution is -2.45. The Morgan fingerprint density at radius 1 is 1.04 bits per heavy atom. The summed E-state index contributed by atoms with van der Waals surface area (Å²) >= 11 is 0. The lowest BCUT2D eigenvalue weighted by atomic mass is 9.85. The third kappa shape index (κ3) is 6.40. The highest BCUT2D eigenvalue weighted by atomic mass is 16.2. The molecule has 5 heteroatoms. The van der Waals surface area contributed by atoms with E-state index in [1.807, 2.05) is 0 Å². The first-order chi connectivity index (χ1) is 10.6. The van der Waals surface area contributed by atoms with Crippen molar-refractivity contribution in [3.8, 4) is 0 Å². The highest BCUT2D eigenvalue weighted by molar-refractivity contribution is 5.81. The van der Waals surface area contributed by atoms with Gasteiger partial charge in [0, 0.05) is 13.0 Å². The molecule has 1 atom stereocenters. The monoisotopic (exact) mass is 319 g/mol. The predicted octanol–water partition coefficient (Wildman–Crippen LogP) is 2.44. The van der Waals surface area contributed by atoms with Crippen molar-refractivity contribution in [2.45, 2.75) is 53.0 Å². The van der Waals surface area contributed by atoms with Crippen molar-refractivity contribution in [1.82, 2.24) is 16.2 Å². The molecule has 0 saturated carbocycles. The molecule has 0 fully saturated rings. The highest BCUT2D eigenvalue weighted by Crippen LogP contribution is 2.26. The third-order valence-electron chi connectivity index (χ3n) is 3.66. The Morgan fingerprint density at radius 3 is 2.04 bits per heavy atom. The zero-order valence-electron chi connectivity index (χ0n) is 15.0. The van der Waals surface area contributed by atoms with Gasteiger partial charge >= 0.3 is 0 Å². The Bertz CT molecular complexity index is 530. The number of hydrogen-bond acceptors (Lipinski definition) is 3. The summed E-state index contributed by atoms with van der Waals surface area (Å²) in [6.07, 6.45) is 0. The molecule has 1 aromatic carbocycles. The minimum Gasteiger partial charge on any atom is -0.301 e. The smallest absolute Gasteiger partial charge is 0.252 e. The van der Waals surface area contributed by atoms with Crippen molar-refractivity contribution in [3.05, 3.63) is 35.4 Å². The molecule has 0 unspecified atom stereocenters. The first-order valence-electron chi connectivity index (χ1n) is 8.00. The number of nitrogens with one attached hydrogen (secondary N) is 3. The molecule has 0 spiro atoms. The van der Waals surface area contributed by atoms with Gasteiger partial charge in [-0.3, -0.25) is 20.4 Å². The molecular weight excluding hydrogens is 290 g/mol. The number of carbonyl (C=O) groups excluding carboxylic acids is 2. The zero-order valence-corrected chi connectivity index (χ0v) is 15.0. The fraction of sp³-hybridized carbons (Fsp3) is 0.556. The quantitative estimate of drug-likeness (QED) is 0.730. The molecule has 0 bridgehead atoms. The first-order valence-corrected chi connectivity index (χ1v) is 8.00. The van der Waals surface area contributed by atoms with E-state index in [1.54, 1.807) is 0 Å². The summed E-state index contributed by atoms with van der Waals surface area (Å²) < 4.78 is 0. The Balaban J connectivity index is 2.71. The summed E-state index contributed by atoms with van der Waals surface area (Å²) in [5.74, 6) is -0.224. The van der Waals surface area contributed by atoms with E-state index >= 15 is 0 Å². The normalized spacial score (nSPS) is 12.8. The summed E-state index contributed by atoms with van der Waals surface area (Å²) in [5.41, 5.74) is 7.20. The van der Waals surface area contributed by atoms with Crippen LogP contribution < -0.4 is 16.2 Å². The molecule has 1 rings (SSSR count). The van der Waals surface area contributed by atoms with Crippen molar-refractivity contribution in [3.63, 3.8) is 0 Å². The fourth-order valence-electron chi connectivity index (χ4n) is 2.33. The van der Waals surface area contributed by atoms with Gasteiger partial charge in [0.05, 0.1) is 6.54 Å². The summed E-state index contributed by atoms with van der Waals surface area (Å²) in [7, 11) is 0. The second-order valence-electron chi connectivity index (χ2n) is 7.20. The van der Waals surface area contributed by atoms with Crippen LogP contribution >= 0.6 is 0 Å². The van der Waals surface area contributed by atoms with Gasteiger partial charge in [0.1, 0.15) is 0 Å². The number of rotatable bonds is 5. The average Bonchev–Trinajstić information content (AvgIpc) is 2.44. The topological polar surface area (TPSA) is 70.2 Å². The van der Waals surface area contributed by atoms with E-state index in [2.05, 4.69) is 75.1 Å². The van der Waals surface area contributed by atoms with Crippen LogP contribution in [0.25, 0.3) is 0 Å². The van der Waals surface area contributed by atoms with Crippen molar-refractivity contribution < 1.29 is 9.59 Å². The van der Waals surface area contributed by atoms with Crippen LogP contribution in [0.4, 0.5) is 0 Å². The maximum absolute atomic E-state index is 11.7. The molecule has 128 valence electrons. The first kappa shape index (κ1) is 19.2. The van der Waals surface area contributed by atoms with Crippen molar-refractivity contribution in [2.75, 3.05) is 6.54 Å². The standard InChI is InChI=1S/C18H29N3O2/c1-12(2)17(19-11-16(23)21-20-13(3)22)14-7-9-15(10-8-14)18(4,5)6/h7-10,12,17,19H,11H2,1-6H3,(H,20,22)(H,21,23)/t17-/m0/s1. The molecule has 23 heavy (non-hydrogen) atoms. The number of amides is 2. The van der Waals surface area contributed by atoms with Crippen LogP contribution in [0.1, 0.15) is 58.7 Å². The molecule has 0 aliphatic rings. The highest BCUT2D eigenvalue weighted by Gasteiger charge is 2.18. The SMILES string of the molecule is CC(=O)NNC(=O)CN[C@H](c1ccc(C(C)(C)C)cc1)C(C)C. The average molecular weight is 319 g/mol. The van der Waals surface area contributed by atoms with E-state index in [1.165, 1.54) is 12.5 Å². The van der Waals surface area contributed by atoms with Gasteiger partial charge in [0.2, 0.25) is 5.91 Å². The second kappa shape index (κ2) is 8.11. The van der Waals surface area contributed by atoms with Crippen LogP contribution in [0, 0.1) is 5.92 Å². The fourth-order valence-corrected chi connectivity index (χ4v) is 2.33. The van der Waals surface area contributed by atoms with Crippen LogP contribution in [0.3, 0.4) is 0 Å². The molecular formula is C18H29N3O2. The van der Waals surface area contributed by atoms with E-state index in [0.29, 0.717) is 5.92 Å². The van der Waals surface area contributed by atoms with Crippen LogP contribution in [0.5, 0.6) is 0 Å². The van der Waals surface area contributed by atoms with E-state index in [9.17, 15) is 9.59 Å². The molecule has 0 aliphatic heterocycles. The predicted molar refractivity (Wildman–Crippen MR) is 92.7 cm³/mol. The van der Waals surface area contributed by atoms with Gasteiger partial charge in [-0.25, -0.2) is 0 Å². The number of benzene rings is 1. The minimum atomic E-state index is -0.295. The molecule has 5 nitrogen and oxygen atoms in total. The van der Waals surface area contributed by atoms with Gasteiger partial charge in [0.25, 0.3) is 5.91 Å². The van der Waals surface area contributed by atoms with Crippen molar-refractivity contribution in [1.29, 1.82) is 0 Å². The Morgan fingerprint density at radius 2 is 1.61 bits per heavy atom. The maximum atomic E-state index is 11.7. The van der Waals surface area contributed by atoms with Gasteiger partial charge in [-0.15, -0.1) is 0 Å². The van der Waals surface area contributed by atoms with Gasteiger partial charge in [-0.05, 0) is 22.5 Å². The van der Waals surface area contributed by atoms with E-state index in [4.69, 9.17) is 0 Å². The van der Waals surface area contributed by atoms with Crippen molar-refractivity contribution in [2.24, 2.45) is 5.92 Å². The molecule has 3 N–H and O–H groups in total. The lowest BCUT2D eigenvalue weighted by Gasteiger charge is -2.25. The van der Waals surface area contributed by atoms with Gasteiger partial charge in [-0.1, -0.05) is 58.9 Å². The van der Waals surface area contributed by atoms with E-state index in [0.717, 1.165) is 5.56 Å². The number of carbonyl (C=O) groups is 2. The molecule has 0 aromatic heterocycles. The largest absolute Gasteiger partial charge is 0.301 e. The summed E-state index contributed by atoms with van der Waals surface area (Å²) in [5, 5.41) is 3.25. The number of hydrazine groups is 1. The van der Waals surface area contributed by atoms with Crippen LogP contribution in [0.15, 0.2) is 24.3 Å². The van der Waals surface area contributed by atoms with E-state index in [-0.39, 0.29) is 29.8 Å². The van der Waals surface area contributed by atoms with E-state index < -0.39 is 0 Å². The Hall–Kier alpha value is -1.88. The minimum absolute atomic E-state index is 0.0760. The van der Waals surface area contributed by atoms with Gasteiger partial charge in [-0.2, -0.15) is 0 Å². The number of hydrogen-bond donors (Lipinski definition) is 3. The Labute approximate surface area is 139 Å². The summed E-state index contributed by atoms with van der Waals surface area (Å²) in [4.78, 5) is 22.5. The van der Waals surface area contributed by atoms with Gasteiger partial charge < -0.3 is 5.32 Å². The Kier molecular flexibility index (Phi) is 6.76. The molecule has 0 aliphatic carbocycles. The lowest BCUT2D eigenvalue weighted by molar-refractivity contribution is -0.127. The van der Waals surface area contributed by atoms with Crippen LogP contribution in [0.2, 0.25) is 0 Å². The molecule has 0 saturated heterocycles. The van der Waals surface area contributed by atoms with Gasteiger partial charge in [0.15, 0.2) is 0 Å². The third-order valence-corrected chi connectivity index (χ3v) is 3.66. The molecule has 1 aromatic rings. The van der Waals surface area contributed by atoms with Crippen LogP contribution in [-0.4, -0.2) is 18.4 Å². The molecule has 0 radical (unpaired) electrons. The van der Waals surface area contributed by atoms with Crippen molar-refractivity contribution >= 4 is 11.8 Å².